The molecule has 174 valence electrons. The molecule has 1 N–H and O–H groups in total. The minimum absolute atomic E-state index is 0.0418. The number of hydrogen-bond acceptors (Lipinski definition) is 4. The number of carbonyl (C=O) groups excluding carboxylic acids is 1. The van der Waals surface area contributed by atoms with Gasteiger partial charge in [-0.2, -0.15) is 0 Å². The van der Waals surface area contributed by atoms with E-state index in [1.165, 1.54) is 5.56 Å². The number of benzene rings is 1. The second-order valence-corrected chi connectivity index (χ2v) is 9.17. The summed E-state index contributed by atoms with van der Waals surface area (Å²) in [6, 6.07) is 10.6. The summed E-state index contributed by atoms with van der Waals surface area (Å²) in [5.41, 5.74) is 1.36. The van der Waals surface area contributed by atoms with Gasteiger partial charge < -0.3 is 14.6 Å². The van der Waals surface area contributed by atoms with E-state index in [1.54, 1.807) is 0 Å². The number of unbranched alkanes of at least 4 members (excludes halogenated alkanes) is 1. The van der Waals surface area contributed by atoms with E-state index in [4.69, 9.17) is 9.47 Å². The van der Waals surface area contributed by atoms with E-state index in [-0.39, 0.29) is 24.3 Å². The number of carbonyl (C=O) groups is 1. The van der Waals surface area contributed by atoms with Gasteiger partial charge in [0.25, 0.3) is 0 Å². The molecule has 0 saturated heterocycles. The minimum atomic E-state index is -0.194. The first-order valence-electron chi connectivity index (χ1n) is 12.1. The molecule has 0 aliphatic heterocycles. The third kappa shape index (κ3) is 10.0. The van der Waals surface area contributed by atoms with E-state index < -0.39 is 0 Å². The van der Waals surface area contributed by atoms with E-state index in [1.807, 2.05) is 21.0 Å². The molecule has 1 fully saturated rings. The fourth-order valence-corrected chi connectivity index (χ4v) is 4.64. The molecule has 1 aromatic carbocycles. The van der Waals surface area contributed by atoms with Gasteiger partial charge in [-0.1, -0.05) is 42.5 Å². The van der Waals surface area contributed by atoms with Crippen LogP contribution in [0.25, 0.3) is 0 Å². The van der Waals surface area contributed by atoms with Crippen LogP contribution in [-0.4, -0.2) is 36.5 Å². The summed E-state index contributed by atoms with van der Waals surface area (Å²) >= 11 is 0. The number of aliphatic hydroxyl groups is 1. The van der Waals surface area contributed by atoms with Crippen LogP contribution in [-0.2, 0) is 20.7 Å². The molecule has 1 aliphatic rings. The molecule has 0 radical (unpaired) electrons. The number of ether oxygens (including phenoxy) is 2. The highest BCUT2D eigenvalue weighted by Crippen LogP contribution is 2.38. The number of hydrogen-bond donors (Lipinski definition) is 1. The van der Waals surface area contributed by atoms with E-state index in [0.29, 0.717) is 18.3 Å². The molecule has 4 heteroatoms. The van der Waals surface area contributed by atoms with E-state index in [0.717, 1.165) is 57.8 Å². The topological polar surface area (TPSA) is 55.8 Å². The first kappa shape index (κ1) is 25.6. The Morgan fingerprint density at radius 3 is 2.65 bits per heavy atom. The zero-order valence-electron chi connectivity index (χ0n) is 19.7. The van der Waals surface area contributed by atoms with E-state index in [9.17, 15) is 9.90 Å². The zero-order valence-corrected chi connectivity index (χ0v) is 19.7. The van der Waals surface area contributed by atoms with Gasteiger partial charge in [-0.05, 0) is 89.0 Å². The van der Waals surface area contributed by atoms with Gasteiger partial charge in [0, 0.05) is 13.5 Å². The van der Waals surface area contributed by atoms with Crippen LogP contribution >= 0.6 is 0 Å². The fourth-order valence-electron chi connectivity index (χ4n) is 4.64. The maximum Gasteiger partial charge on any atom is 0.306 e. The van der Waals surface area contributed by atoms with Crippen molar-refractivity contribution in [3.63, 3.8) is 0 Å². The van der Waals surface area contributed by atoms with Gasteiger partial charge in [0.05, 0.1) is 18.3 Å². The van der Waals surface area contributed by atoms with Crippen LogP contribution in [0.2, 0.25) is 0 Å². The van der Waals surface area contributed by atoms with Crippen molar-refractivity contribution in [1.82, 2.24) is 0 Å². The molecular weight excluding hydrogens is 388 g/mol. The Balaban J connectivity index is 1.68. The van der Waals surface area contributed by atoms with Gasteiger partial charge in [-0.3, -0.25) is 4.79 Å². The molecule has 0 spiro atoms. The monoisotopic (exact) mass is 430 g/mol. The van der Waals surface area contributed by atoms with Crippen LogP contribution in [0.3, 0.4) is 0 Å². The molecule has 2 rings (SSSR count). The first-order chi connectivity index (χ1) is 15.0. The highest BCUT2D eigenvalue weighted by molar-refractivity contribution is 5.69. The lowest BCUT2D eigenvalue weighted by molar-refractivity contribution is -0.147. The Labute approximate surface area is 189 Å². The maximum absolute atomic E-state index is 11.6. The average Bonchev–Trinajstić information content (AvgIpc) is 3.10. The van der Waals surface area contributed by atoms with Crippen molar-refractivity contribution >= 4 is 5.97 Å². The number of methoxy groups -OCH3 is 1. The SMILES string of the molecule is CO[C@@H](CCc1ccccc1)CC[C@H]1CC[C@H](O)[C@@H]1C/C=C\CCCC(=O)OC(C)C. The number of aryl methyl sites for hydroxylation is 1. The van der Waals surface area contributed by atoms with Gasteiger partial charge in [0.2, 0.25) is 0 Å². The summed E-state index contributed by atoms with van der Waals surface area (Å²) in [6.07, 6.45) is 13.8. The summed E-state index contributed by atoms with van der Waals surface area (Å²) in [4.78, 5) is 11.6. The Morgan fingerprint density at radius 2 is 1.94 bits per heavy atom. The number of esters is 1. The van der Waals surface area contributed by atoms with Crippen LogP contribution in [0.15, 0.2) is 42.5 Å². The molecule has 1 aromatic rings. The zero-order chi connectivity index (χ0) is 22.5. The minimum Gasteiger partial charge on any atom is -0.463 e. The lowest BCUT2D eigenvalue weighted by Crippen LogP contribution is -2.20. The van der Waals surface area contributed by atoms with Crippen molar-refractivity contribution in [3.05, 3.63) is 48.0 Å². The highest BCUT2D eigenvalue weighted by atomic mass is 16.5. The molecule has 0 heterocycles. The van der Waals surface area contributed by atoms with Crippen molar-refractivity contribution in [3.8, 4) is 0 Å². The second-order valence-electron chi connectivity index (χ2n) is 9.17. The summed E-state index contributed by atoms with van der Waals surface area (Å²) < 4.78 is 10.9. The largest absolute Gasteiger partial charge is 0.463 e. The van der Waals surface area contributed by atoms with Crippen LogP contribution in [0.1, 0.15) is 77.2 Å². The van der Waals surface area contributed by atoms with Crippen LogP contribution in [0.4, 0.5) is 0 Å². The summed E-state index contributed by atoms with van der Waals surface area (Å²) in [5, 5.41) is 10.5. The second kappa shape index (κ2) is 14.4. The molecule has 0 bridgehead atoms. The van der Waals surface area contributed by atoms with Gasteiger partial charge >= 0.3 is 5.97 Å². The summed E-state index contributed by atoms with van der Waals surface area (Å²) in [7, 11) is 1.82. The Morgan fingerprint density at radius 1 is 1.16 bits per heavy atom. The molecule has 0 aromatic heterocycles. The third-order valence-electron chi connectivity index (χ3n) is 6.42. The smallest absolute Gasteiger partial charge is 0.306 e. The Hall–Kier alpha value is -1.65. The molecule has 1 aliphatic carbocycles. The van der Waals surface area contributed by atoms with E-state index in [2.05, 4.69) is 42.5 Å². The molecule has 0 unspecified atom stereocenters. The molecule has 0 amide bonds. The van der Waals surface area contributed by atoms with Crippen LogP contribution in [0.5, 0.6) is 0 Å². The Kier molecular flexibility index (Phi) is 11.9. The molecular formula is C27H42O4. The van der Waals surface area contributed by atoms with Crippen molar-refractivity contribution < 1.29 is 19.4 Å². The molecule has 1 saturated carbocycles. The van der Waals surface area contributed by atoms with Crippen LogP contribution < -0.4 is 0 Å². The highest BCUT2D eigenvalue weighted by Gasteiger charge is 2.33. The predicted octanol–water partition coefficient (Wildman–Crippen LogP) is 5.87. The first-order valence-corrected chi connectivity index (χ1v) is 12.1. The number of allylic oxidation sites excluding steroid dienone is 2. The maximum atomic E-state index is 11.6. The number of aliphatic hydroxyl groups excluding tert-OH is 1. The van der Waals surface area contributed by atoms with E-state index >= 15 is 0 Å². The van der Waals surface area contributed by atoms with Gasteiger partial charge in [0.15, 0.2) is 0 Å². The van der Waals surface area contributed by atoms with Gasteiger partial charge in [0.1, 0.15) is 0 Å². The molecule has 4 atom stereocenters. The molecule has 31 heavy (non-hydrogen) atoms. The van der Waals surface area contributed by atoms with Crippen molar-refractivity contribution in [2.24, 2.45) is 11.8 Å². The van der Waals surface area contributed by atoms with Crippen molar-refractivity contribution in [2.45, 2.75) is 96.4 Å². The fraction of sp³-hybridized carbons (Fsp3) is 0.667. The third-order valence-corrected chi connectivity index (χ3v) is 6.42. The normalized spacial score (nSPS) is 22.3. The summed E-state index contributed by atoms with van der Waals surface area (Å²) in [5.74, 6) is 0.790. The Bertz CT molecular complexity index is 640. The predicted molar refractivity (Wildman–Crippen MR) is 126 cm³/mol. The lowest BCUT2D eigenvalue weighted by Gasteiger charge is -2.23. The quantitative estimate of drug-likeness (QED) is 0.228. The van der Waals surface area contributed by atoms with Crippen LogP contribution in [0, 0.1) is 11.8 Å². The van der Waals surface area contributed by atoms with Crippen molar-refractivity contribution in [2.75, 3.05) is 7.11 Å². The standard InChI is InChI=1S/C27H42O4/c1-21(2)31-27(29)14-10-5-4-9-13-25-23(17-20-26(25)28)16-19-24(30-3)18-15-22-11-7-6-8-12-22/h4,6-9,11-12,21,23-26,28H,5,10,13-20H2,1-3H3/b9-4-/t23-,24-,25+,26-/m0/s1. The van der Waals surface area contributed by atoms with Gasteiger partial charge in [-0.25, -0.2) is 0 Å². The van der Waals surface area contributed by atoms with Gasteiger partial charge in [-0.15, -0.1) is 0 Å². The average molecular weight is 431 g/mol. The van der Waals surface area contributed by atoms with Crippen molar-refractivity contribution in [1.29, 1.82) is 0 Å². The number of rotatable bonds is 14. The lowest BCUT2D eigenvalue weighted by atomic mass is 9.86. The molecule has 4 nitrogen and oxygen atoms in total. The summed E-state index contributed by atoms with van der Waals surface area (Å²) in [6.45, 7) is 3.75.